The zero-order valence-electron chi connectivity index (χ0n) is 12.1. The van der Waals surface area contributed by atoms with Gasteiger partial charge in [0.25, 0.3) is 0 Å². The Kier molecular flexibility index (Phi) is 5.09. The van der Waals surface area contributed by atoms with Gasteiger partial charge >= 0.3 is 0 Å². The average Bonchev–Trinajstić information content (AvgIpc) is 2.69. The Labute approximate surface area is 124 Å². The van der Waals surface area contributed by atoms with Crippen LogP contribution < -0.4 is 10.6 Å². The van der Waals surface area contributed by atoms with E-state index in [-0.39, 0.29) is 17.6 Å². The highest BCUT2D eigenvalue weighted by atomic mass is 16.2. The van der Waals surface area contributed by atoms with Crippen LogP contribution in [0.3, 0.4) is 0 Å². The molecule has 0 radical (unpaired) electrons. The molecule has 1 saturated heterocycles. The highest BCUT2D eigenvalue weighted by Crippen LogP contribution is 2.10. The third-order valence-electron chi connectivity index (χ3n) is 3.60. The molecular formula is C16H20N2O3. The summed E-state index contributed by atoms with van der Waals surface area (Å²) < 4.78 is 0. The Morgan fingerprint density at radius 1 is 1.33 bits per heavy atom. The van der Waals surface area contributed by atoms with Gasteiger partial charge in [-0.1, -0.05) is 24.6 Å². The highest BCUT2D eigenvalue weighted by Gasteiger charge is 2.22. The van der Waals surface area contributed by atoms with Crippen molar-refractivity contribution < 1.29 is 14.4 Å². The van der Waals surface area contributed by atoms with Gasteiger partial charge < -0.3 is 10.6 Å². The third kappa shape index (κ3) is 4.41. The largest absolute Gasteiger partial charge is 0.350 e. The number of hydrogen-bond donors (Lipinski definition) is 2. The molecule has 2 rings (SSSR count). The first-order chi connectivity index (χ1) is 10.1. The summed E-state index contributed by atoms with van der Waals surface area (Å²) in [7, 11) is 0. The van der Waals surface area contributed by atoms with Crippen LogP contribution in [-0.4, -0.2) is 23.6 Å². The lowest BCUT2D eigenvalue weighted by Gasteiger charge is -2.15. The van der Waals surface area contributed by atoms with Crippen molar-refractivity contribution in [3.05, 3.63) is 35.4 Å². The predicted octanol–water partition coefficient (Wildman–Crippen LogP) is 1.56. The molecule has 1 atom stereocenters. The van der Waals surface area contributed by atoms with Gasteiger partial charge in [-0.3, -0.25) is 14.4 Å². The average molecular weight is 288 g/mol. The van der Waals surface area contributed by atoms with E-state index in [2.05, 4.69) is 10.6 Å². The van der Waals surface area contributed by atoms with E-state index in [1.54, 1.807) is 18.2 Å². The minimum Gasteiger partial charge on any atom is -0.350 e. The van der Waals surface area contributed by atoms with Crippen LogP contribution in [-0.2, 0) is 16.1 Å². The molecule has 0 aromatic heterocycles. The fourth-order valence-electron chi connectivity index (χ4n) is 2.38. The van der Waals surface area contributed by atoms with E-state index < -0.39 is 6.04 Å². The van der Waals surface area contributed by atoms with Gasteiger partial charge in [0, 0.05) is 18.5 Å². The van der Waals surface area contributed by atoms with Crippen LogP contribution in [0.1, 0.15) is 48.5 Å². The van der Waals surface area contributed by atoms with Crippen molar-refractivity contribution >= 4 is 17.6 Å². The standard InChI is InChI=1S/C16H20N2O3/c1-11(19)13-6-4-5-12(9-13)10-17-16(21)14-7-2-3-8-15(20)18-14/h4-6,9,14H,2-3,7-8,10H2,1H3,(H,17,21)(H,18,20). The fourth-order valence-corrected chi connectivity index (χ4v) is 2.38. The minimum absolute atomic E-state index is 0.000733. The molecule has 2 amide bonds. The SMILES string of the molecule is CC(=O)c1cccc(CNC(=O)C2CCCCC(=O)N2)c1. The summed E-state index contributed by atoms with van der Waals surface area (Å²) in [5.41, 5.74) is 1.50. The summed E-state index contributed by atoms with van der Waals surface area (Å²) in [6.45, 7) is 1.87. The maximum absolute atomic E-state index is 12.1. The van der Waals surface area contributed by atoms with E-state index in [1.165, 1.54) is 6.92 Å². The van der Waals surface area contributed by atoms with Crippen LogP contribution in [0.2, 0.25) is 0 Å². The summed E-state index contributed by atoms with van der Waals surface area (Å²) in [5.74, 6) is -0.232. The molecule has 0 saturated carbocycles. The molecule has 2 N–H and O–H groups in total. The Hall–Kier alpha value is -2.17. The van der Waals surface area contributed by atoms with Gasteiger partial charge in [0.2, 0.25) is 11.8 Å². The van der Waals surface area contributed by atoms with Crippen LogP contribution in [0.4, 0.5) is 0 Å². The fraction of sp³-hybridized carbons (Fsp3) is 0.438. The third-order valence-corrected chi connectivity index (χ3v) is 3.60. The number of ketones is 1. The van der Waals surface area contributed by atoms with Crippen LogP contribution in [0.15, 0.2) is 24.3 Å². The maximum atomic E-state index is 12.1. The molecule has 5 nitrogen and oxygen atoms in total. The quantitative estimate of drug-likeness (QED) is 0.826. The van der Waals surface area contributed by atoms with E-state index in [4.69, 9.17) is 0 Å². The zero-order chi connectivity index (χ0) is 15.2. The first kappa shape index (κ1) is 15.2. The first-order valence-corrected chi connectivity index (χ1v) is 7.23. The van der Waals surface area contributed by atoms with Crippen molar-refractivity contribution in [3.8, 4) is 0 Å². The van der Waals surface area contributed by atoms with Crippen molar-refractivity contribution in [2.24, 2.45) is 0 Å². The lowest BCUT2D eigenvalue weighted by Crippen LogP contribution is -2.45. The summed E-state index contributed by atoms with van der Waals surface area (Å²) in [5, 5.41) is 5.56. The Bertz CT molecular complexity index is 554. The monoisotopic (exact) mass is 288 g/mol. The topological polar surface area (TPSA) is 75.3 Å². The number of Topliss-reactive ketones (excluding diaryl/α,β-unsaturated/α-hetero) is 1. The second-order valence-electron chi connectivity index (χ2n) is 5.34. The first-order valence-electron chi connectivity index (χ1n) is 7.23. The van der Waals surface area contributed by atoms with Gasteiger partial charge in [0.15, 0.2) is 5.78 Å². The number of carbonyl (C=O) groups excluding carboxylic acids is 3. The zero-order valence-corrected chi connectivity index (χ0v) is 12.1. The number of hydrogen-bond acceptors (Lipinski definition) is 3. The normalized spacial score (nSPS) is 18.5. The highest BCUT2D eigenvalue weighted by molar-refractivity contribution is 5.94. The summed E-state index contributed by atoms with van der Waals surface area (Å²) in [4.78, 5) is 34.9. The number of nitrogens with one attached hydrogen (secondary N) is 2. The molecule has 0 spiro atoms. The van der Waals surface area contributed by atoms with Crippen LogP contribution in [0, 0.1) is 0 Å². The molecule has 1 aliphatic heterocycles. The molecule has 1 aliphatic rings. The van der Waals surface area contributed by atoms with Gasteiger partial charge in [-0.25, -0.2) is 0 Å². The van der Waals surface area contributed by atoms with Crippen LogP contribution >= 0.6 is 0 Å². The van der Waals surface area contributed by atoms with E-state index in [0.717, 1.165) is 18.4 Å². The van der Waals surface area contributed by atoms with Crippen LogP contribution in [0.25, 0.3) is 0 Å². The molecule has 0 bridgehead atoms. The van der Waals surface area contributed by atoms with Crippen molar-refractivity contribution in [2.45, 2.75) is 45.2 Å². The Morgan fingerprint density at radius 2 is 2.14 bits per heavy atom. The lowest BCUT2D eigenvalue weighted by atomic mass is 10.1. The second kappa shape index (κ2) is 7.02. The van der Waals surface area contributed by atoms with Crippen LogP contribution in [0.5, 0.6) is 0 Å². The van der Waals surface area contributed by atoms with Gasteiger partial charge in [-0.15, -0.1) is 0 Å². The van der Waals surface area contributed by atoms with E-state index in [1.807, 2.05) is 6.07 Å². The molecule has 1 fully saturated rings. The van der Waals surface area contributed by atoms with Crippen molar-refractivity contribution in [1.29, 1.82) is 0 Å². The second-order valence-corrected chi connectivity index (χ2v) is 5.34. The summed E-state index contributed by atoms with van der Waals surface area (Å²) in [6, 6.07) is 6.73. The molecule has 112 valence electrons. The summed E-state index contributed by atoms with van der Waals surface area (Å²) >= 11 is 0. The lowest BCUT2D eigenvalue weighted by molar-refractivity contribution is -0.128. The minimum atomic E-state index is -0.448. The van der Waals surface area contributed by atoms with Crippen molar-refractivity contribution in [3.63, 3.8) is 0 Å². The summed E-state index contributed by atoms with van der Waals surface area (Å²) in [6.07, 6.45) is 2.86. The molecule has 1 aromatic carbocycles. The smallest absolute Gasteiger partial charge is 0.242 e. The van der Waals surface area contributed by atoms with Gasteiger partial charge in [-0.2, -0.15) is 0 Å². The van der Waals surface area contributed by atoms with E-state index in [0.29, 0.717) is 24.9 Å². The number of carbonyl (C=O) groups is 3. The molecular weight excluding hydrogens is 268 g/mol. The molecule has 0 aliphatic carbocycles. The number of rotatable bonds is 4. The van der Waals surface area contributed by atoms with E-state index >= 15 is 0 Å². The molecule has 1 unspecified atom stereocenters. The molecule has 1 heterocycles. The van der Waals surface area contributed by atoms with Gasteiger partial charge in [-0.05, 0) is 31.4 Å². The maximum Gasteiger partial charge on any atom is 0.242 e. The van der Waals surface area contributed by atoms with Gasteiger partial charge in [0.05, 0.1) is 0 Å². The Balaban J connectivity index is 1.92. The number of benzene rings is 1. The van der Waals surface area contributed by atoms with Crippen molar-refractivity contribution in [2.75, 3.05) is 0 Å². The van der Waals surface area contributed by atoms with Crippen molar-refractivity contribution in [1.82, 2.24) is 10.6 Å². The van der Waals surface area contributed by atoms with E-state index in [9.17, 15) is 14.4 Å². The Morgan fingerprint density at radius 3 is 2.90 bits per heavy atom. The molecule has 21 heavy (non-hydrogen) atoms. The molecule has 1 aromatic rings. The van der Waals surface area contributed by atoms with Gasteiger partial charge in [0.1, 0.15) is 6.04 Å². The molecule has 5 heteroatoms. The number of amides is 2. The predicted molar refractivity (Wildman–Crippen MR) is 78.7 cm³/mol.